The molecule has 2 aromatic rings. The number of rotatable bonds is 5. The molecule has 0 aliphatic heterocycles. The van der Waals surface area contributed by atoms with Gasteiger partial charge in [0.2, 0.25) is 0 Å². The van der Waals surface area contributed by atoms with Crippen LogP contribution in [0.3, 0.4) is 0 Å². The molecule has 0 saturated carbocycles. The van der Waals surface area contributed by atoms with Crippen LogP contribution in [0.25, 0.3) is 0 Å². The average molecular weight is 345 g/mol. The van der Waals surface area contributed by atoms with Crippen LogP contribution in [-0.4, -0.2) is 6.10 Å². The minimum atomic E-state index is 0.151. The van der Waals surface area contributed by atoms with E-state index in [1.165, 1.54) is 0 Å². The molecule has 0 unspecified atom stereocenters. The van der Waals surface area contributed by atoms with Crippen LogP contribution in [0, 0.1) is 0 Å². The first-order chi connectivity index (χ1) is 9.95. The molecule has 0 bridgehead atoms. The van der Waals surface area contributed by atoms with E-state index < -0.39 is 0 Å². The van der Waals surface area contributed by atoms with Gasteiger partial charge in [-0.15, -0.1) is 0 Å². The second-order valence-electron chi connectivity index (χ2n) is 4.91. The van der Waals surface area contributed by atoms with Crippen molar-refractivity contribution in [2.75, 3.05) is 5.32 Å². The van der Waals surface area contributed by atoms with Gasteiger partial charge in [0.15, 0.2) is 0 Å². The summed E-state index contributed by atoms with van der Waals surface area (Å²) in [7, 11) is 0. The van der Waals surface area contributed by atoms with Gasteiger partial charge in [0.25, 0.3) is 0 Å². The number of halogens is 3. The maximum atomic E-state index is 6.14. The summed E-state index contributed by atoms with van der Waals surface area (Å²) in [4.78, 5) is 0. The van der Waals surface area contributed by atoms with Crippen LogP contribution in [0.5, 0.6) is 5.75 Å². The van der Waals surface area contributed by atoms with Crippen molar-refractivity contribution < 1.29 is 4.74 Å². The van der Waals surface area contributed by atoms with Gasteiger partial charge in [0.05, 0.1) is 26.9 Å². The summed E-state index contributed by atoms with van der Waals surface area (Å²) in [6, 6.07) is 11.3. The van der Waals surface area contributed by atoms with Crippen LogP contribution in [-0.2, 0) is 6.54 Å². The Balaban J connectivity index is 2.08. The summed E-state index contributed by atoms with van der Waals surface area (Å²) in [5.74, 6) is 0.851. The Kier molecular flexibility index (Phi) is 5.63. The topological polar surface area (TPSA) is 21.3 Å². The smallest absolute Gasteiger partial charge is 0.120 e. The largest absolute Gasteiger partial charge is 0.491 e. The number of benzene rings is 2. The molecule has 2 rings (SSSR count). The van der Waals surface area contributed by atoms with Crippen molar-refractivity contribution in [3.05, 3.63) is 57.0 Å². The van der Waals surface area contributed by atoms with Gasteiger partial charge in [0, 0.05) is 6.54 Å². The Morgan fingerprint density at radius 1 is 1.00 bits per heavy atom. The quantitative estimate of drug-likeness (QED) is 0.667. The molecule has 5 heteroatoms. The molecule has 2 nitrogen and oxygen atoms in total. The molecular formula is C16H16Cl3NO. The van der Waals surface area contributed by atoms with E-state index in [1.54, 1.807) is 12.1 Å². The summed E-state index contributed by atoms with van der Waals surface area (Å²) in [5.41, 5.74) is 1.84. The van der Waals surface area contributed by atoms with Crippen molar-refractivity contribution in [3.8, 4) is 5.75 Å². The SMILES string of the molecule is CC(C)Oc1cccc(CNc2cc(Cl)c(Cl)cc2Cl)c1. The van der Waals surface area contributed by atoms with Crippen LogP contribution < -0.4 is 10.1 Å². The van der Waals surface area contributed by atoms with Crippen molar-refractivity contribution in [1.29, 1.82) is 0 Å². The van der Waals surface area contributed by atoms with E-state index in [0.717, 1.165) is 17.0 Å². The molecule has 1 N–H and O–H groups in total. The third kappa shape index (κ3) is 4.70. The number of hydrogen-bond donors (Lipinski definition) is 1. The van der Waals surface area contributed by atoms with Gasteiger partial charge in [-0.1, -0.05) is 46.9 Å². The van der Waals surface area contributed by atoms with E-state index >= 15 is 0 Å². The molecule has 0 aliphatic carbocycles. The molecule has 0 atom stereocenters. The lowest BCUT2D eigenvalue weighted by Crippen LogP contribution is -2.06. The fourth-order valence-corrected chi connectivity index (χ4v) is 2.47. The van der Waals surface area contributed by atoms with E-state index in [9.17, 15) is 0 Å². The summed E-state index contributed by atoms with van der Waals surface area (Å²) in [5, 5.41) is 4.70. The second-order valence-corrected chi connectivity index (χ2v) is 6.14. The molecule has 2 aromatic carbocycles. The van der Waals surface area contributed by atoms with E-state index in [2.05, 4.69) is 5.32 Å². The van der Waals surface area contributed by atoms with Gasteiger partial charge >= 0.3 is 0 Å². The summed E-state index contributed by atoms with van der Waals surface area (Å²) in [6.07, 6.45) is 0.151. The van der Waals surface area contributed by atoms with Crippen molar-refractivity contribution >= 4 is 40.5 Å². The number of anilines is 1. The van der Waals surface area contributed by atoms with Crippen LogP contribution in [0.1, 0.15) is 19.4 Å². The van der Waals surface area contributed by atoms with E-state index in [-0.39, 0.29) is 6.10 Å². The highest BCUT2D eigenvalue weighted by atomic mass is 35.5. The summed E-state index contributed by atoms with van der Waals surface area (Å²) >= 11 is 18.0. The third-order valence-electron chi connectivity index (χ3n) is 2.76. The number of nitrogens with one attached hydrogen (secondary N) is 1. The van der Waals surface area contributed by atoms with Crippen molar-refractivity contribution in [1.82, 2.24) is 0 Å². The van der Waals surface area contributed by atoms with Gasteiger partial charge in [-0.2, -0.15) is 0 Å². The highest BCUT2D eigenvalue weighted by molar-refractivity contribution is 6.44. The zero-order chi connectivity index (χ0) is 15.4. The minimum absolute atomic E-state index is 0.151. The zero-order valence-corrected chi connectivity index (χ0v) is 14.1. The molecule has 21 heavy (non-hydrogen) atoms. The predicted octanol–water partition coefficient (Wildman–Crippen LogP) is 6.05. The molecule has 0 aromatic heterocycles. The van der Waals surface area contributed by atoms with E-state index in [0.29, 0.717) is 21.6 Å². The zero-order valence-electron chi connectivity index (χ0n) is 11.8. The van der Waals surface area contributed by atoms with Crippen LogP contribution in [0.2, 0.25) is 15.1 Å². The fourth-order valence-electron chi connectivity index (χ4n) is 1.86. The lowest BCUT2D eigenvalue weighted by molar-refractivity contribution is 0.242. The van der Waals surface area contributed by atoms with Gasteiger partial charge in [0.1, 0.15) is 5.75 Å². The second kappa shape index (κ2) is 7.26. The maximum Gasteiger partial charge on any atom is 0.120 e. The molecule has 0 spiro atoms. The molecule has 0 aliphatic rings. The lowest BCUT2D eigenvalue weighted by atomic mass is 10.2. The highest BCUT2D eigenvalue weighted by Gasteiger charge is 2.06. The molecule has 112 valence electrons. The van der Waals surface area contributed by atoms with Gasteiger partial charge in [-0.05, 0) is 43.7 Å². The van der Waals surface area contributed by atoms with Gasteiger partial charge < -0.3 is 10.1 Å². The summed E-state index contributed by atoms with van der Waals surface area (Å²) < 4.78 is 5.67. The Hall–Kier alpha value is -1.09. The normalized spacial score (nSPS) is 10.8. The molecule has 0 saturated heterocycles. The minimum Gasteiger partial charge on any atom is -0.491 e. The van der Waals surface area contributed by atoms with Gasteiger partial charge in [-0.25, -0.2) is 0 Å². The molecule has 0 fully saturated rings. The standard InChI is InChI=1S/C16H16Cl3NO/c1-10(2)21-12-5-3-4-11(6-12)9-20-16-8-14(18)13(17)7-15(16)19/h3-8,10,20H,9H2,1-2H3. The first-order valence-corrected chi connectivity index (χ1v) is 7.73. The first kappa shape index (κ1) is 16.3. The molecule has 0 heterocycles. The van der Waals surface area contributed by atoms with Crippen LogP contribution in [0.4, 0.5) is 5.69 Å². The Labute approximate surface area is 140 Å². The molecular weight excluding hydrogens is 329 g/mol. The average Bonchev–Trinajstić information content (AvgIpc) is 2.41. The number of ether oxygens (including phenoxy) is 1. The van der Waals surface area contributed by atoms with E-state index in [4.69, 9.17) is 39.5 Å². The highest BCUT2D eigenvalue weighted by Crippen LogP contribution is 2.32. The summed E-state index contributed by atoms with van der Waals surface area (Å²) in [6.45, 7) is 4.62. The lowest BCUT2D eigenvalue weighted by Gasteiger charge is -2.13. The van der Waals surface area contributed by atoms with Crippen LogP contribution in [0.15, 0.2) is 36.4 Å². The van der Waals surface area contributed by atoms with Crippen molar-refractivity contribution in [2.45, 2.75) is 26.5 Å². The Morgan fingerprint density at radius 2 is 1.71 bits per heavy atom. The predicted molar refractivity (Wildman–Crippen MR) is 91.0 cm³/mol. The van der Waals surface area contributed by atoms with E-state index in [1.807, 2.05) is 38.1 Å². The third-order valence-corrected chi connectivity index (χ3v) is 3.80. The Morgan fingerprint density at radius 3 is 2.43 bits per heavy atom. The molecule has 0 amide bonds. The first-order valence-electron chi connectivity index (χ1n) is 6.59. The Bertz CT molecular complexity index is 629. The fraction of sp³-hybridized carbons (Fsp3) is 0.250. The van der Waals surface area contributed by atoms with Crippen molar-refractivity contribution in [3.63, 3.8) is 0 Å². The molecule has 0 radical (unpaired) electrons. The number of hydrogen-bond acceptors (Lipinski definition) is 2. The van der Waals surface area contributed by atoms with Crippen LogP contribution >= 0.6 is 34.8 Å². The van der Waals surface area contributed by atoms with Gasteiger partial charge in [-0.3, -0.25) is 0 Å². The maximum absolute atomic E-state index is 6.14. The monoisotopic (exact) mass is 343 g/mol. The van der Waals surface area contributed by atoms with Crippen molar-refractivity contribution in [2.24, 2.45) is 0 Å².